The summed E-state index contributed by atoms with van der Waals surface area (Å²) in [5.74, 6) is -0.894. The van der Waals surface area contributed by atoms with Gasteiger partial charge in [0.1, 0.15) is 5.82 Å². The van der Waals surface area contributed by atoms with Crippen molar-refractivity contribution in [2.24, 2.45) is 0 Å². The molecular formula is C20H23FN2O4S. The van der Waals surface area contributed by atoms with E-state index in [4.69, 9.17) is 4.74 Å². The van der Waals surface area contributed by atoms with Crippen LogP contribution in [0.1, 0.15) is 29.8 Å². The standard InChI is InChI=1S/C20H23FN2O4S/c1-13-10-23(11-14(2)27-13)20(24)17-6-16(7-18(21)8-17)19-5-4-15(9-22-19)12-28(3,25)26/h4-9,13-14H,10-12H2,1-3H3/t13-,14+. The third kappa shape index (κ3) is 5.14. The summed E-state index contributed by atoms with van der Waals surface area (Å²) in [6.45, 7) is 4.70. The van der Waals surface area contributed by atoms with Crippen LogP contribution < -0.4 is 0 Å². The number of nitrogens with zero attached hydrogens (tertiary/aromatic N) is 2. The van der Waals surface area contributed by atoms with Crippen molar-refractivity contribution >= 4 is 15.7 Å². The van der Waals surface area contributed by atoms with Crippen LogP contribution in [0.4, 0.5) is 4.39 Å². The topological polar surface area (TPSA) is 76.6 Å². The van der Waals surface area contributed by atoms with E-state index in [1.165, 1.54) is 18.3 Å². The number of aromatic nitrogens is 1. The number of benzene rings is 1. The molecule has 0 bridgehead atoms. The minimum absolute atomic E-state index is 0.0789. The second-order valence-electron chi connectivity index (χ2n) is 7.32. The summed E-state index contributed by atoms with van der Waals surface area (Å²) in [7, 11) is -3.16. The third-order valence-electron chi connectivity index (χ3n) is 4.40. The van der Waals surface area contributed by atoms with E-state index in [1.807, 2.05) is 13.8 Å². The second kappa shape index (κ2) is 7.97. The number of carbonyl (C=O) groups is 1. The molecule has 8 heteroatoms. The highest BCUT2D eigenvalue weighted by molar-refractivity contribution is 7.89. The lowest BCUT2D eigenvalue weighted by atomic mass is 10.0. The van der Waals surface area contributed by atoms with Gasteiger partial charge in [-0.15, -0.1) is 0 Å². The van der Waals surface area contributed by atoms with Gasteiger partial charge in [0.05, 0.1) is 23.7 Å². The van der Waals surface area contributed by atoms with Gasteiger partial charge in [0.15, 0.2) is 9.84 Å². The van der Waals surface area contributed by atoms with Gasteiger partial charge in [-0.05, 0) is 43.7 Å². The fourth-order valence-electron chi connectivity index (χ4n) is 3.37. The fraction of sp³-hybridized carbons (Fsp3) is 0.400. The normalized spacial score (nSPS) is 20.2. The quantitative estimate of drug-likeness (QED) is 0.780. The molecule has 2 aromatic rings. The Morgan fingerprint density at radius 2 is 1.89 bits per heavy atom. The lowest BCUT2D eigenvalue weighted by Crippen LogP contribution is -2.48. The Balaban J connectivity index is 1.86. The molecule has 1 aliphatic heterocycles. The maximum Gasteiger partial charge on any atom is 0.254 e. The van der Waals surface area contributed by atoms with E-state index in [2.05, 4.69) is 4.98 Å². The number of halogens is 1. The number of hydrogen-bond donors (Lipinski definition) is 0. The minimum Gasteiger partial charge on any atom is -0.372 e. The summed E-state index contributed by atoms with van der Waals surface area (Å²) >= 11 is 0. The Morgan fingerprint density at radius 1 is 1.21 bits per heavy atom. The van der Waals surface area contributed by atoms with Crippen molar-refractivity contribution in [3.05, 3.63) is 53.5 Å². The summed E-state index contributed by atoms with van der Waals surface area (Å²) in [5, 5.41) is 0. The smallest absolute Gasteiger partial charge is 0.254 e. The van der Waals surface area contributed by atoms with E-state index in [0.717, 1.165) is 6.26 Å². The number of hydrogen-bond acceptors (Lipinski definition) is 5. The van der Waals surface area contributed by atoms with Gasteiger partial charge < -0.3 is 9.64 Å². The van der Waals surface area contributed by atoms with Crippen molar-refractivity contribution in [2.45, 2.75) is 31.8 Å². The van der Waals surface area contributed by atoms with E-state index in [9.17, 15) is 17.6 Å². The Kier molecular flexibility index (Phi) is 5.81. The largest absolute Gasteiger partial charge is 0.372 e. The fourth-order valence-corrected chi connectivity index (χ4v) is 4.15. The molecule has 3 rings (SSSR count). The number of rotatable bonds is 4. The van der Waals surface area contributed by atoms with Crippen molar-refractivity contribution in [3.8, 4) is 11.3 Å². The van der Waals surface area contributed by atoms with Crippen LogP contribution in [0.3, 0.4) is 0 Å². The highest BCUT2D eigenvalue weighted by Crippen LogP contribution is 2.23. The molecule has 1 aromatic carbocycles. The zero-order valence-corrected chi connectivity index (χ0v) is 16.9. The zero-order valence-electron chi connectivity index (χ0n) is 16.1. The summed E-state index contributed by atoms with van der Waals surface area (Å²) < 4.78 is 42.6. The monoisotopic (exact) mass is 406 g/mol. The van der Waals surface area contributed by atoms with Crippen LogP contribution in [-0.4, -0.2) is 55.8 Å². The van der Waals surface area contributed by atoms with Gasteiger partial charge in [-0.2, -0.15) is 0 Å². The molecule has 0 N–H and O–H groups in total. The molecule has 0 aliphatic carbocycles. The van der Waals surface area contributed by atoms with Gasteiger partial charge in [-0.1, -0.05) is 6.07 Å². The van der Waals surface area contributed by atoms with Crippen molar-refractivity contribution in [1.82, 2.24) is 9.88 Å². The Hall–Kier alpha value is -2.32. The zero-order chi connectivity index (χ0) is 20.5. The van der Waals surface area contributed by atoms with Gasteiger partial charge in [0.25, 0.3) is 5.91 Å². The van der Waals surface area contributed by atoms with Gasteiger partial charge >= 0.3 is 0 Å². The predicted molar refractivity (Wildman–Crippen MR) is 104 cm³/mol. The summed E-state index contributed by atoms with van der Waals surface area (Å²) in [5.41, 5.74) is 1.73. The van der Waals surface area contributed by atoms with Crippen LogP contribution in [0.15, 0.2) is 36.5 Å². The summed E-state index contributed by atoms with van der Waals surface area (Å²) in [4.78, 5) is 18.8. The first-order valence-electron chi connectivity index (χ1n) is 8.99. The number of pyridine rings is 1. The number of sulfone groups is 1. The molecule has 2 atom stereocenters. The molecule has 2 heterocycles. The first-order chi connectivity index (χ1) is 13.1. The van der Waals surface area contributed by atoms with Crippen LogP contribution in [0.5, 0.6) is 0 Å². The first-order valence-corrected chi connectivity index (χ1v) is 11.0. The average molecular weight is 406 g/mol. The maximum absolute atomic E-state index is 14.2. The van der Waals surface area contributed by atoms with Gasteiger partial charge in [-0.3, -0.25) is 9.78 Å². The molecule has 150 valence electrons. The van der Waals surface area contributed by atoms with E-state index in [1.54, 1.807) is 23.1 Å². The number of carbonyl (C=O) groups excluding carboxylic acids is 1. The molecular weight excluding hydrogens is 383 g/mol. The Morgan fingerprint density at radius 3 is 2.46 bits per heavy atom. The predicted octanol–water partition coefficient (Wildman–Crippen LogP) is 2.68. The summed E-state index contributed by atoms with van der Waals surface area (Å²) in [6, 6.07) is 7.40. The van der Waals surface area contributed by atoms with E-state index >= 15 is 0 Å². The van der Waals surface area contributed by atoms with Crippen LogP contribution in [0.2, 0.25) is 0 Å². The molecule has 0 radical (unpaired) electrons. The molecule has 1 aromatic heterocycles. The molecule has 1 fully saturated rings. The van der Waals surface area contributed by atoms with Gasteiger partial charge in [0, 0.05) is 36.7 Å². The van der Waals surface area contributed by atoms with Crippen LogP contribution in [0, 0.1) is 5.82 Å². The molecule has 1 aliphatic rings. The number of amides is 1. The lowest BCUT2D eigenvalue weighted by Gasteiger charge is -2.35. The highest BCUT2D eigenvalue weighted by atomic mass is 32.2. The molecule has 28 heavy (non-hydrogen) atoms. The van der Waals surface area contributed by atoms with Crippen LogP contribution in [-0.2, 0) is 20.3 Å². The van der Waals surface area contributed by atoms with Gasteiger partial charge in [0.2, 0.25) is 0 Å². The highest BCUT2D eigenvalue weighted by Gasteiger charge is 2.27. The summed E-state index contributed by atoms with van der Waals surface area (Å²) in [6.07, 6.45) is 2.45. The second-order valence-corrected chi connectivity index (χ2v) is 9.46. The maximum atomic E-state index is 14.2. The van der Waals surface area contributed by atoms with Crippen molar-refractivity contribution in [2.75, 3.05) is 19.3 Å². The Bertz CT molecular complexity index is 966. The molecule has 0 spiro atoms. The minimum atomic E-state index is -3.16. The van der Waals surface area contributed by atoms with Crippen molar-refractivity contribution in [3.63, 3.8) is 0 Å². The molecule has 6 nitrogen and oxygen atoms in total. The van der Waals surface area contributed by atoms with E-state index < -0.39 is 15.7 Å². The van der Waals surface area contributed by atoms with Crippen molar-refractivity contribution < 1.29 is 22.3 Å². The molecule has 1 amide bonds. The molecule has 0 saturated carbocycles. The van der Waals surface area contributed by atoms with Gasteiger partial charge in [-0.25, -0.2) is 12.8 Å². The van der Waals surface area contributed by atoms with E-state index in [-0.39, 0.29) is 29.4 Å². The third-order valence-corrected chi connectivity index (χ3v) is 5.26. The SMILES string of the molecule is C[C@@H]1CN(C(=O)c2cc(F)cc(-c3ccc(CS(C)(=O)=O)cn3)c2)C[C@H](C)O1. The molecule has 0 unspecified atom stereocenters. The molecule has 1 saturated heterocycles. The number of ether oxygens (including phenoxy) is 1. The van der Waals surface area contributed by atoms with Crippen LogP contribution in [0.25, 0.3) is 11.3 Å². The van der Waals surface area contributed by atoms with E-state index in [0.29, 0.717) is 29.9 Å². The Labute approximate surface area is 164 Å². The van der Waals surface area contributed by atoms with Crippen molar-refractivity contribution in [1.29, 1.82) is 0 Å². The lowest BCUT2D eigenvalue weighted by molar-refractivity contribution is -0.0586. The van der Waals surface area contributed by atoms with Crippen LogP contribution >= 0.6 is 0 Å². The average Bonchev–Trinajstić information content (AvgIpc) is 2.59. The first kappa shape index (κ1) is 20.4. The number of morpholine rings is 1.